The number of rotatable bonds is 0. The van der Waals surface area contributed by atoms with Crippen molar-refractivity contribution in [2.45, 2.75) is 56.8 Å². The van der Waals surface area contributed by atoms with Gasteiger partial charge >= 0.3 is 6.09 Å². The van der Waals surface area contributed by atoms with Crippen molar-refractivity contribution in [3.8, 4) is 5.88 Å². The van der Waals surface area contributed by atoms with Gasteiger partial charge in [0.15, 0.2) is 11.6 Å². The summed E-state index contributed by atoms with van der Waals surface area (Å²) in [5.74, 6) is -0.643. The highest BCUT2D eigenvalue weighted by atomic mass is 19.1. The Labute approximate surface area is 166 Å². The zero-order chi connectivity index (χ0) is 20.4. The van der Waals surface area contributed by atoms with E-state index < -0.39 is 30.1 Å². The molecule has 0 spiro atoms. The molecule has 3 N–H and O–H groups in total. The third kappa shape index (κ3) is 4.41. The topological polar surface area (TPSA) is 101 Å². The monoisotopic (exact) mass is 407 g/mol. The van der Waals surface area contributed by atoms with Crippen LogP contribution in [0.5, 0.6) is 5.88 Å². The van der Waals surface area contributed by atoms with Gasteiger partial charge in [-0.1, -0.05) is 0 Å². The van der Waals surface area contributed by atoms with Gasteiger partial charge in [0.2, 0.25) is 5.88 Å². The summed E-state index contributed by atoms with van der Waals surface area (Å²) in [4.78, 5) is 16.2. The lowest BCUT2D eigenvalue weighted by atomic mass is 10.0. The third-order valence-corrected chi connectivity index (χ3v) is 5.22. The molecule has 4 atom stereocenters. The van der Waals surface area contributed by atoms with Crippen LogP contribution in [0.25, 0.3) is 0 Å². The molecule has 1 fully saturated rings. The molecule has 1 unspecified atom stereocenters. The van der Waals surface area contributed by atoms with Crippen molar-refractivity contribution in [2.75, 3.05) is 11.9 Å². The molecule has 4 rings (SSSR count). The quantitative estimate of drug-likeness (QED) is 0.617. The second kappa shape index (κ2) is 8.22. The van der Waals surface area contributed by atoms with Gasteiger partial charge in [-0.2, -0.15) is 5.10 Å². The van der Waals surface area contributed by atoms with Crippen molar-refractivity contribution < 1.29 is 23.0 Å². The number of hydrogen-bond donors (Lipinski definition) is 3. The van der Waals surface area contributed by atoms with Crippen LogP contribution in [-0.2, 0) is 4.74 Å². The lowest BCUT2D eigenvalue weighted by molar-refractivity contribution is 0.0586. The number of anilines is 2. The molecule has 2 aromatic rings. The molecule has 1 aliphatic carbocycles. The predicted molar refractivity (Wildman–Crippen MR) is 101 cm³/mol. The van der Waals surface area contributed by atoms with Crippen LogP contribution in [0.2, 0.25) is 0 Å². The average molecular weight is 407 g/mol. The summed E-state index contributed by atoms with van der Waals surface area (Å²) in [5, 5.41) is 12.2. The Bertz CT molecular complexity index is 877. The van der Waals surface area contributed by atoms with Gasteiger partial charge in [0.25, 0.3) is 0 Å². The van der Waals surface area contributed by atoms with Crippen molar-refractivity contribution in [1.82, 2.24) is 20.5 Å². The number of fused-ring (bicyclic) bond motifs is 7. The van der Waals surface area contributed by atoms with Gasteiger partial charge in [-0.05, 0) is 38.7 Å². The van der Waals surface area contributed by atoms with Crippen molar-refractivity contribution in [1.29, 1.82) is 0 Å². The number of nitrogens with zero attached hydrogens (tertiary/aromatic N) is 2. The van der Waals surface area contributed by atoms with E-state index in [1.165, 1.54) is 0 Å². The molecular formula is C19H23F2N5O3. The molecule has 1 amide bonds. The van der Waals surface area contributed by atoms with E-state index in [0.29, 0.717) is 31.0 Å². The fourth-order valence-electron chi connectivity index (χ4n) is 3.71. The Morgan fingerprint density at radius 3 is 3.03 bits per heavy atom. The van der Waals surface area contributed by atoms with Crippen LogP contribution in [0.4, 0.5) is 25.1 Å². The Morgan fingerprint density at radius 2 is 2.17 bits per heavy atom. The summed E-state index contributed by atoms with van der Waals surface area (Å²) in [6, 6.07) is 3.17. The Hall–Kier alpha value is -2.91. The molecule has 8 nitrogen and oxygen atoms in total. The van der Waals surface area contributed by atoms with Crippen molar-refractivity contribution >= 4 is 17.6 Å². The maximum absolute atomic E-state index is 14.9. The van der Waals surface area contributed by atoms with Gasteiger partial charge in [-0.15, -0.1) is 0 Å². The summed E-state index contributed by atoms with van der Waals surface area (Å²) < 4.78 is 40.2. The van der Waals surface area contributed by atoms with Crippen LogP contribution in [0.1, 0.15) is 44.2 Å². The smallest absolute Gasteiger partial charge is 0.407 e. The standard InChI is InChI=1S/C19H23F2N5O3/c1-10-3-2-6-28-15-9-12(4-5-22-15)24-18-16(21)17(25-26-18)11-7-13(20)14(8-11)29-19(27)23-10/h4-5,9-11,13-14H,2-3,6-8H2,1H3,(H,23,27)(H2,24,25,26)/t10?,11-,13+,14-/m0/s1. The van der Waals surface area contributed by atoms with Crippen molar-refractivity contribution in [3.05, 3.63) is 29.8 Å². The minimum Gasteiger partial charge on any atom is -0.478 e. The maximum atomic E-state index is 14.9. The number of alkyl carbamates (subject to hydrolysis) is 1. The molecule has 0 aromatic carbocycles. The summed E-state index contributed by atoms with van der Waals surface area (Å²) in [6.45, 7) is 2.24. The molecule has 2 aromatic heterocycles. The number of hydrogen-bond acceptors (Lipinski definition) is 6. The van der Waals surface area contributed by atoms with Crippen LogP contribution < -0.4 is 15.4 Å². The number of H-pyrrole nitrogens is 1. The van der Waals surface area contributed by atoms with Crippen molar-refractivity contribution in [3.63, 3.8) is 0 Å². The van der Waals surface area contributed by atoms with E-state index >= 15 is 0 Å². The van der Waals surface area contributed by atoms with Gasteiger partial charge in [-0.25, -0.2) is 18.6 Å². The highest BCUT2D eigenvalue weighted by Crippen LogP contribution is 2.39. The number of ether oxygens (including phenoxy) is 2. The Balaban J connectivity index is 1.59. The summed E-state index contributed by atoms with van der Waals surface area (Å²) in [6.07, 6.45) is 0.183. The summed E-state index contributed by atoms with van der Waals surface area (Å²) in [5.41, 5.74) is 0.770. The fourth-order valence-corrected chi connectivity index (χ4v) is 3.71. The predicted octanol–water partition coefficient (Wildman–Crippen LogP) is 3.56. The first-order valence-electron chi connectivity index (χ1n) is 9.70. The first-order chi connectivity index (χ1) is 14.0. The number of alkyl halides is 1. The molecule has 0 radical (unpaired) electrons. The highest BCUT2D eigenvalue weighted by molar-refractivity contribution is 5.67. The number of aromatic amines is 1. The fraction of sp³-hybridized carbons (Fsp3) is 0.526. The molecule has 156 valence electrons. The third-order valence-electron chi connectivity index (χ3n) is 5.22. The molecule has 3 heterocycles. The lowest BCUT2D eigenvalue weighted by Gasteiger charge is -2.18. The minimum absolute atomic E-state index is 0.00427. The Kier molecular flexibility index (Phi) is 5.50. The first kappa shape index (κ1) is 19.4. The highest BCUT2D eigenvalue weighted by Gasteiger charge is 2.40. The number of amides is 1. The second-order valence-electron chi connectivity index (χ2n) is 7.47. The molecular weight excluding hydrogens is 384 g/mol. The van der Waals surface area contributed by atoms with Crippen LogP contribution >= 0.6 is 0 Å². The largest absolute Gasteiger partial charge is 0.478 e. The van der Waals surface area contributed by atoms with Crippen LogP contribution in [0.15, 0.2) is 18.3 Å². The normalized spacial score (nSPS) is 27.6. The van der Waals surface area contributed by atoms with Gasteiger partial charge in [0.1, 0.15) is 12.3 Å². The van der Waals surface area contributed by atoms with E-state index in [1.807, 2.05) is 6.92 Å². The molecule has 29 heavy (non-hydrogen) atoms. The van der Waals surface area contributed by atoms with E-state index in [1.54, 1.807) is 18.3 Å². The zero-order valence-corrected chi connectivity index (χ0v) is 16.0. The maximum Gasteiger partial charge on any atom is 0.407 e. The van der Waals surface area contributed by atoms with Gasteiger partial charge in [-0.3, -0.25) is 5.10 Å². The summed E-state index contributed by atoms with van der Waals surface area (Å²) >= 11 is 0. The van der Waals surface area contributed by atoms with E-state index in [-0.39, 0.29) is 30.4 Å². The first-order valence-corrected chi connectivity index (χ1v) is 9.70. The van der Waals surface area contributed by atoms with Crippen molar-refractivity contribution in [2.24, 2.45) is 0 Å². The molecule has 0 saturated heterocycles. The molecule has 10 heteroatoms. The molecule has 1 saturated carbocycles. The minimum atomic E-state index is -1.36. The number of aromatic nitrogens is 3. The number of carbonyl (C=O) groups is 1. The number of pyridine rings is 1. The number of halogens is 2. The number of nitrogens with one attached hydrogen (secondary N) is 3. The van der Waals surface area contributed by atoms with Gasteiger partial charge in [0, 0.05) is 29.9 Å². The van der Waals surface area contributed by atoms with Crippen LogP contribution in [0, 0.1) is 5.82 Å². The molecule has 6 bridgehead atoms. The average Bonchev–Trinajstić information content (AvgIpc) is 3.21. The van der Waals surface area contributed by atoms with E-state index in [4.69, 9.17) is 9.47 Å². The van der Waals surface area contributed by atoms with E-state index in [9.17, 15) is 13.6 Å². The number of carbonyl (C=O) groups excluding carboxylic acids is 1. The van der Waals surface area contributed by atoms with E-state index in [2.05, 4.69) is 25.8 Å². The van der Waals surface area contributed by atoms with Gasteiger partial charge < -0.3 is 20.1 Å². The van der Waals surface area contributed by atoms with Gasteiger partial charge in [0.05, 0.1) is 12.3 Å². The zero-order valence-electron chi connectivity index (χ0n) is 16.0. The molecule has 1 aliphatic heterocycles. The second-order valence-corrected chi connectivity index (χ2v) is 7.47. The van der Waals surface area contributed by atoms with Crippen LogP contribution in [-0.4, -0.2) is 46.2 Å². The Morgan fingerprint density at radius 1 is 1.31 bits per heavy atom. The SMILES string of the molecule is CC1CCCOc2cc(ccn2)Nc2n[nH]c(c2F)[C@H]2C[C@@H](F)[C@H](C2)OC(=O)N1. The molecule has 2 aliphatic rings. The van der Waals surface area contributed by atoms with Crippen LogP contribution in [0.3, 0.4) is 0 Å². The lowest BCUT2D eigenvalue weighted by Crippen LogP contribution is -2.37. The van der Waals surface area contributed by atoms with E-state index in [0.717, 1.165) is 0 Å². The summed E-state index contributed by atoms with van der Waals surface area (Å²) in [7, 11) is 0.